The third kappa shape index (κ3) is 5.41. The molecular weight excluding hydrogens is 522 g/mol. The van der Waals surface area contributed by atoms with Crippen molar-refractivity contribution in [1.29, 1.82) is 0 Å². The number of benzene rings is 2. The molecular formula is C24H22F6N4O4. The summed E-state index contributed by atoms with van der Waals surface area (Å²) in [4.78, 5) is 20.0. The van der Waals surface area contributed by atoms with E-state index in [1.807, 2.05) is 0 Å². The van der Waals surface area contributed by atoms with Gasteiger partial charge in [-0.05, 0) is 35.9 Å². The summed E-state index contributed by atoms with van der Waals surface area (Å²) in [5, 5.41) is 10.6. The van der Waals surface area contributed by atoms with Crippen molar-refractivity contribution >= 4 is 11.7 Å². The Bertz CT molecular complexity index is 1310. The second kappa shape index (κ2) is 10.2. The second-order valence-electron chi connectivity index (χ2n) is 8.42. The first-order valence-corrected chi connectivity index (χ1v) is 11.1. The Labute approximate surface area is 212 Å². The van der Waals surface area contributed by atoms with E-state index in [2.05, 4.69) is 4.98 Å². The van der Waals surface area contributed by atoms with Crippen LogP contribution >= 0.6 is 0 Å². The highest BCUT2D eigenvalue weighted by atomic mass is 19.4. The smallest absolute Gasteiger partial charge is 0.416 e. The van der Waals surface area contributed by atoms with Crippen LogP contribution < -0.4 is 9.64 Å². The number of fused-ring (bicyclic) bond motifs is 1. The minimum atomic E-state index is -4.64. The number of methoxy groups -OCH3 is 1. The molecule has 1 aliphatic rings. The van der Waals surface area contributed by atoms with E-state index < -0.39 is 35.7 Å². The van der Waals surface area contributed by atoms with Crippen molar-refractivity contribution in [2.75, 3.05) is 32.2 Å². The SMILES string of the molecule is COCCN1C(=O)c2c(nc(Oc3cccc(C(F)(F)F)c3)n2Cc2ccc(C(F)(F)F)cc2)N(C)C1O. The van der Waals surface area contributed by atoms with Crippen LogP contribution in [0.15, 0.2) is 48.5 Å². The molecule has 0 radical (unpaired) electrons. The lowest BCUT2D eigenvalue weighted by molar-refractivity contribution is -0.138. The first-order chi connectivity index (χ1) is 17.8. The zero-order valence-electron chi connectivity index (χ0n) is 20.0. The van der Waals surface area contributed by atoms with Gasteiger partial charge in [0.1, 0.15) is 5.75 Å². The number of carbonyl (C=O) groups is 1. The number of aliphatic hydroxyl groups excluding tert-OH is 1. The molecule has 38 heavy (non-hydrogen) atoms. The van der Waals surface area contributed by atoms with E-state index in [-0.39, 0.29) is 43.0 Å². The Morgan fingerprint density at radius 3 is 2.26 bits per heavy atom. The van der Waals surface area contributed by atoms with Crippen LogP contribution in [-0.2, 0) is 23.6 Å². The zero-order valence-corrected chi connectivity index (χ0v) is 20.0. The lowest BCUT2D eigenvalue weighted by Gasteiger charge is -2.38. The topological polar surface area (TPSA) is 80.1 Å². The van der Waals surface area contributed by atoms with Gasteiger partial charge in [0.2, 0.25) is 6.35 Å². The number of carbonyl (C=O) groups excluding carboxylic acids is 1. The van der Waals surface area contributed by atoms with E-state index in [4.69, 9.17) is 9.47 Å². The molecule has 0 bridgehead atoms. The van der Waals surface area contributed by atoms with Gasteiger partial charge in [-0.3, -0.25) is 14.3 Å². The maximum Gasteiger partial charge on any atom is 0.416 e. The molecule has 2 aromatic carbocycles. The van der Waals surface area contributed by atoms with Crippen LogP contribution in [0.25, 0.3) is 0 Å². The number of amides is 1. The Morgan fingerprint density at radius 2 is 1.66 bits per heavy atom. The Hall–Kier alpha value is -3.78. The number of nitrogens with zero attached hydrogens (tertiary/aromatic N) is 4. The van der Waals surface area contributed by atoms with Crippen LogP contribution in [0, 0.1) is 0 Å². The monoisotopic (exact) mass is 544 g/mol. The number of anilines is 1. The van der Waals surface area contributed by atoms with E-state index in [1.165, 1.54) is 41.8 Å². The van der Waals surface area contributed by atoms with Gasteiger partial charge >= 0.3 is 18.4 Å². The zero-order chi connectivity index (χ0) is 27.8. The van der Waals surface area contributed by atoms with Crippen molar-refractivity contribution in [3.05, 3.63) is 70.9 Å². The van der Waals surface area contributed by atoms with Gasteiger partial charge in [-0.2, -0.15) is 31.3 Å². The summed E-state index contributed by atoms with van der Waals surface area (Å²) in [5.41, 5.74) is -1.60. The molecule has 204 valence electrons. The first kappa shape index (κ1) is 27.3. The number of hydrogen-bond acceptors (Lipinski definition) is 6. The molecule has 0 fully saturated rings. The number of alkyl halides is 6. The summed E-state index contributed by atoms with van der Waals surface area (Å²) in [5.74, 6) is -0.936. The maximum atomic E-state index is 13.4. The van der Waals surface area contributed by atoms with Crippen LogP contribution in [0.4, 0.5) is 32.2 Å². The van der Waals surface area contributed by atoms with Crippen LogP contribution in [-0.4, -0.2) is 59.1 Å². The molecule has 2 heterocycles. The largest absolute Gasteiger partial charge is 0.425 e. The summed E-state index contributed by atoms with van der Waals surface area (Å²) in [6, 6.07) is 7.86. The highest BCUT2D eigenvalue weighted by Crippen LogP contribution is 2.37. The van der Waals surface area contributed by atoms with Gasteiger partial charge in [0.15, 0.2) is 11.5 Å². The van der Waals surface area contributed by atoms with Gasteiger partial charge in [0, 0.05) is 20.7 Å². The molecule has 14 heteroatoms. The quantitative estimate of drug-likeness (QED) is 0.439. The minimum absolute atomic E-state index is 0.00441. The normalized spacial score (nSPS) is 16.1. The van der Waals surface area contributed by atoms with Crippen molar-refractivity contribution in [3.63, 3.8) is 0 Å². The van der Waals surface area contributed by atoms with Crippen LogP contribution in [0.5, 0.6) is 11.8 Å². The average molecular weight is 544 g/mol. The summed E-state index contributed by atoms with van der Waals surface area (Å²) >= 11 is 0. The van der Waals surface area contributed by atoms with E-state index in [1.54, 1.807) is 0 Å². The molecule has 1 aliphatic heterocycles. The molecule has 1 aromatic heterocycles. The molecule has 8 nitrogen and oxygen atoms in total. The number of aromatic nitrogens is 2. The molecule has 4 rings (SSSR count). The van der Waals surface area contributed by atoms with Crippen molar-refractivity contribution < 1.29 is 45.7 Å². The predicted octanol–water partition coefficient (Wildman–Crippen LogP) is 4.58. The standard InChI is InChI=1S/C24H22F6N4O4/c1-32-19-18(20(35)33(22(32)36)10-11-37-2)34(13-14-6-8-15(9-7-14)23(25,26)27)21(31-19)38-17-5-3-4-16(12-17)24(28,29)30/h3-9,12,22,36H,10-11,13H2,1-2H3. The van der Waals surface area contributed by atoms with Gasteiger partial charge in [-0.25, -0.2) is 0 Å². The van der Waals surface area contributed by atoms with E-state index in [0.29, 0.717) is 5.56 Å². The van der Waals surface area contributed by atoms with Gasteiger partial charge in [0.05, 0.1) is 24.3 Å². The van der Waals surface area contributed by atoms with Crippen molar-refractivity contribution in [1.82, 2.24) is 14.5 Å². The fraction of sp³-hybridized carbons (Fsp3) is 0.333. The van der Waals surface area contributed by atoms with Crippen LogP contribution in [0.1, 0.15) is 27.2 Å². The highest BCUT2D eigenvalue weighted by Gasteiger charge is 2.40. The summed E-state index contributed by atoms with van der Waals surface area (Å²) in [6.07, 6.45) is -10.6. The number of halogens is 6. The molecule has 1 atom stereocenters. The van der Waals surface area contributed by atoms with E-state index in [0.717, 1.165) is 35.2 Å². The molecule has 3 aromatic rings. The van der Waals surface area contributed by atoms with Crippen LogP contribution in [0.3, 0.4) is 0 Å². The first-order valence-electron chi connectivity index (χ1n) is 11.1. The molecule has 1 N–H and O–H groups in total. The minimum Gasteiger partial charge on any atom is -0.425 e. The number of aliphatic hydroxyl groups is 1. The highest BCUT2D eigenvalue weighted by molar-refractivity contribution is 5.99. The van der Waals surface area contributed by atoms with Gasteiger partial charge < -0.3 is 19.5 Å². The number of imidazole rings is 1. The van der Waals surface area contributed by atoms with E-state index >= 15 is 0 Å². The predicted molar refractivity (Wildman–Crippen MR) is 122 cm³/mol. The molecule has 0 spiro atoms. The third-order valence-corrected chi connectivity index (χ3v) is 5.87. The van der Waals surface area contributed by atoms with Gasteiger partial charge in [0.25, 0.3) is 5.91 Å². The molecule has 0 saturated heterocycles. The van der Waals surface area contributed by atoms with Crippen LogP contribution in [0.2, 0.25) is 0 Å². The van der Waals surface area contributed by atoms with Crippen molar-refractivity contribution in [2.24, 2.45) is 0 Å². The summed E-state index contributed by atoms with van der Waals surface area (Å²) < 4.78 is 90.6. The number of ether oxygens (including phenoxy) is 2. The molecule has 1 unspecified atom stereocenters. The van der Waals surface area contributed by atoms with Crippen molar-refractivity contribution in [2.45, 2.75) is 25.2 Å². The second-order valence-corrected chi connectivity index (χ2v) is 8.42. The molecule has 0 saturated carbocycles. The van der Waals surface area contributed by atoms with Gasteiger partial charge in [-0.15, -0.1) is 0 Å². The third-order valence-electron chi connectivity index (χ3n) is 5.87. The van der Waals surface area contributed by atoms with Gasteiger partial charge in [-0.1, -0.05) is 18.2 Å². The fourth-order valence-corrected chi connectivity index (χ4v) is 3.89. The Kier molecular flexibility index (Phi) is 7.30. The molecule has 1 amide bonds. The number of hydrogen-bond donors (Lipinski definition) is 1. The number of rotatable bonds is 7. The fourth-order valence-electron chi connectivity index (χ4n) is 3.89. The lowest BCUT2D eigenvalue weighted by atomic mass is 10.1. The Balaban J connectivity index is 1.79. The summed E-state index contributed by atoms with van der Waals surface area (Å²) in [6.45, 7) is -0.120. The Morgan fingerprint density at radius 1 is 1.00 bits per heavy atom. The molecule has 0 aliphatic carbocycles. The van der Waals surface area contributed by atoms with E-state index in [9.17, 15) is 36.2 Å². The summed E-state index contributed by atoms with van der Waals surface area (Å²) in [7, 11) is 2.85. The average Bonchev–Trinajstić information content (AvgIpc) is 3.20. The van der Waals surface area contributed by atoms with Crippen molar-refractivity contribution in [3.8, 4) is 11.8 Å². The maximum absolute atomic E-state index is 13.4. The lowest BCUT2D eigenvalue weighted by Crippen LogP contribution is -2.55.